The molecule has 1 heterocycles. The van der Waals surface area contributed by atoms with Crippen molar-refractivity contribution in [2.45, 2.75) is 0 Å². The van der Waals surface area contributed by atoms with Gasteiger partial charge in [-0.3, -0.25) is 4.79 Å². The molecule has 6 heteroatoms. The van der Waals surface area contributed by atoms with Gasteiger partial charge in [-0.1, -0.05) is 51.0 Å². The van der Waals surface area contributed by atoms with Crippen molar-refractivity contribution in [2.75, 3.05) is 0 Å². The first-order valence-corrected chi connectivity index (χ1v) is 7.63. The fourth-order valence-corrected chi connectivity index (χ4v) is 3.08. The van der Waals surface area contributed by atoms with E-state index in [9.17, 15) is 4.79 Å². The standard InChI is InChI=1S/C14H7BrClNO2S/c15-10-3-1-9-6-11(4-2-8(9)5-10)19-14-17-13(16)12(7-18)20-14/h1-7H. The fraction of sp³-hybridized carbons (Fsp3) is 0. The number of fused-ring (bicyclic) bond motifs is 1. The molecule has 0 saturated carbocycles. The Balaban J connectivity index is 1.93. The highest BCUT2D eigenvalue weighted by atomic mass is 79.9. The molecule has 0 atom stereocenters. The molecule has 20 heavy (non-hydrogen) atoms. The molecule has 0 radical (unpaired) electrons. The van der Waals surface area contributed by atoms with Crippen molar-refractivity contribution in [2.24, 2.45) is 0 Å². The number of hydrogen-bond acceptors (Lipinski definition) is 4. The highest BCUT2D eigenvalue weighted by Crippen LogP contribution is 2.32. The zero-order valence-electron chi connectivity index (χ0n) is 9.97. The van der Waals surface area contributed by atoms with Gasteiger partial charge in [-0.15, -0.1) is 0 Å². The Hall–Kier alpha value is -1.43. The summed E-state index contributed by atoms with van der Waals surface area (Å²) in [5.41, 5.74) is 0. The third-order valence-electron chi connectivity index (χ3n) is 2.68. The lowest BCUT2D eigenvalue weighted by atomic mass is 10.1. The van der Waals surface area contributed by atoms with Crippen LogP contribution in [-0.2, 0) is 0 Å². The highest BCUT2D eigenvalue weighted by molar-refractivity contribution is 9.10. The molecule has 0 saturated heterocycles. The third kappa shape index (κ3) is 2.70. The van der Waals surface area contributed by atoms with E-state index in [0.29, 0.717) is 22.1 Å². The Morgan fingerprint density at radius 2 is 1.95 bits per heavy atom. The van der Waals surface area contributed by atoms with Crippen molar-refractivity contribution < 1.29 is 9.53 Å². The monoisotopic (exact) mass is 367 g/mol. The third-order valence-corrected chi connectivity index (χ3v) is 4.43. The molecule has 0 unspecified atom stereocenters. The van der Waals surface area contributed by atoms with E-state index in [4.69, 9.17) is 16.3 Å². The summed E-state index contributed by atoms with van der Waals surface area (Å²) in [6, 6.07) is 11.7. The molecule has 0 aliphatic heterocycles. The molecule has 0 aliphatic carbocycles. The van der Waals surface area contributed by atoms with Crippen molar-refractivity contribution in [3.63, 3.8) is 0 Å². The Labute approximate surface area is 132 Å². The van der Waals surface area contributed by atoms with E-state index >= 15 is 0 Å². The topological polar surface area (TPSA) is 39.2 Å². The molecule has 100 valence electrons. The Kier molecular flexibility index (Phi) is 3.74. The smallest absolute Gasteiger partial charge is 0.280 e. The van der Waals surface area contributed by atoms with Crippen LogP contribution >= 0.6 is 38.9 Å². The molecule has 0 amide bonds. The molecule has 0 bridgehead atoms. The number of carbonyl (C=O) groups excluding carboxylic acids is 1. The van der Waals surface area contributed by atoms with Gasteiger partial charge in [0.05, 0.1) is 0 Å². The van der Waals surface area contributed by atoms with E-state index in [1.807, 2.05) is 36.4 Å². The van der Waals surface area contributed by atoms with Gasteiger partial charge in [0.25, 0.3) is 5.19 Å². The lowest BCUT2D eigenvalue weighted by Crippen LogP contribution is -1.83. The van der Waals surface area contributed by atoms with Gasteiger partial charge in [-0.25, -0.2) is 0 Å². The van der Waals surface area contributed by atoms with Crippen molar-refractivity contribution >= 4 is 55.9 Å². The zero-order valence-corrected chi connectivity index (χ0v) is 13.1. The van der Waals surface area contributed by atoms with Gasteiger partial charge >= 0.3 is 0 Å². The molecule has 3 aromatic rings. The number of halogens is 2. The normalized spacial score (nSPS) is 10.7. The minimum absolute atomic E-state index is 0.171. The fourth-order valence-electron chi connectivity index (χ4n) is 1.77. The van der Waals surface area contributed by atoms with E-state index in [2.05, 4.69) is 20.9 Å². The molecule has 2 aromatic carbocycles. The first-order valence-electron chi connectivity index (χ1n) is 5.64. The van der Waals surface area contributed by atoms with Crippen LogP contribution in [0.4, 0.5) is 0 Å². The van der Waals surface area contributed by atoms with Crippen LogP contribution in [0.2, 0.25) is 5.15 Å². The minimum Gasteiger partial charge on any atom is -0.431 e. The molecule has 0 N–H and O–H groups in total. The van der Waals surface area contributed by atoms with Gasteiger partial charge < -0.3 is 4.74 Å². The van der Waals surface area contributed by atoms with Crippen molar-refractivity contribution in [3.8, 4) is 10.9 Å². The summed E-state index contributed by atoms with van der Waals surface area (Å²) in [5.74, 6) is 0.655. The number of nitrogens with zero attached hydrogens (tertiary/aromatic N) is 1. The average molecular weight is 369 g/mol. The highest BCUT2D eigenvalue weighted by Gasteiger charge is 2.10. The van der Waals surface area contributed by atoms with E-state index in [1.165, 1.54) is 0 Å². The van der Waals surface area contributed by atoms with E-state index in [1.54, 1.807) is 0 Å². The summed E-state index contributed by atoms with van der Waals surface area (Å²) >= 11 is 10.4. The SMILES string of the molecule is O=Cc1sc(Oc2ccc3cc(Br)ccc3c2)nc1Cl. The van der Waals surface area contributed by atoms with Crippen LogP contribution in [0.1, 0.15) is 9.67 Å². The number of ether oxygens (including phenoxy) is 1. The maximum Gasteiger partial charge on any atom is 0.280 e. The second-order valence-corrected chi connectivity index (χ2v) is 6.27. The first-order chi connectivity index (χ1) is 9.65. The van der Waals surface area contributed by atoms with Crippen molar-refractivity contribution in [1.29, 1.82) is 0 Å². The number of aromatic nitrogens is 1. The van der Waals surface area contributed by atoms with Gasteiger partial charge in [-0.05, 0) is 35.0 Å². The van der Waals surface area contributed by atoms with Gasteiger partial charge in [0.1, 0.15) is 10.6 Å². The number of benzene rings is 2. The van der Waals surface area contributed by atoms with Crippen LogP contribution in [0.5, 0.6) is 10.9 Å². The summed E-state index contributed by atoms with van der Waals surface area (Å²) in [4.78, 5) is 15.1. The predicted molar refractivity (Wildman–Crippen MR) is 84.2 cm³/mol. The Bertz CT molecular complexity index is 803. The van der Waals surface area contributed by atoms with Gasteiger partial charge in [0.15, 0.2) is 11.4 Å². The first kappa shape index (κ1) is 13.5. The van der Waals surface area contributed by atoms with Gasteiger partial charge in [0.2, 0.25) is 0 Å². The van der Waals surface area contributed by atoms with E-state index in [0.717, 1.165) is 26.6 Å². The molecular formula is C14H7BrClNO2S. The van der Waals surface area contributed by atoms with Crippen LogP contribution in [0.15, 0.2) is 40.9 Å². The molecular weight excluding hydrogens is 362 g/mol. The lowest BCUT2D eigenvalue weighted by molar-refractivity contribution is 0.112. The largest absolute Gasteiger partial charge is 0.431 e. The summed E-state index contributed by atoms with van der Waals surface area (Å²) in [6.07, 6.45) is 0.671. The number of hydrogen-bond donors (Lipinski definition) is 0. The van der Waals surface area contributed by atoms with Gasteiger partial charge in [0, 0.05) is 4.47 Å². The van der Waals surface area contributed by atoms with E-state index < -0.39 is 0 Å². The number of carbonyl (C=O) groups is 1. The zero-order chi connectivity index (χ0) is 14.1. The molecule has 3 nitrogen and oxygen atoms in total. The molecule has 0 spiro atoms. The average Bonchev–Trinajstić information content (AvgIpc) is 2.79. The number of rotatable bonds is 3. The second-order valence-electron chi connectivity index (χ2n) is 4.01. The second kappa shape index (κ2) is 5.52. The van der Waals surface area contributed by atoms with Crippen LogP contribution in [-0.4, -0.2) is 11.3 Å². The lowest BCUT2D eigenvalue weighted by Gasteiger charge is -2.04. The van der Waals surface area contributed by atoms with Crippen LogP contribution in [0.3, 0.4) is 0 Å². The van der Waals surface area contributed by atoms with Crippen LogP contribution < -0.4 is 4.74 Å². The summed E-state index contributed by atoms with van der Waals surface area (Å²) < 4.78 is 6.66. The maximum atomic E-state index is 10.7. The Morgan fingerprint density at radius 1 is 1.20 bits per heavy atom. The maximum absolute atomic E-state index is 10.7. The van der Waals surface area contributed by atoms with Gasteiger partial charge in [-0.2, -0.15) is 4.98 Å². The number of thiazole rings is 1. The molecule has 0 fully saturated rings. The quantitative estimate of drug-likeness (QED) is 0.588. The van der Waals surface area contributed by atoms with Crippen molar-refractivity contribution in [1.82, 2.24) is 4.98 Å². The summed E-state index contributed by atoms with van der Waals surface area (Å²) in [6.45, 7) is 0. The Morgan fingerprint density at radius 3 is 2.70 bits per heavy atom. The molecule has 1 aromatic heterocycles. The number of aldehydes is 1. The molecule has 0 aliphatic rings. The predicted octanol–water partition coefficient (Wildman–Crippen LogP) is 5.32. The molecule has 3 rings (SSSR count). The summed E-state index contributed by atoms with van der Waals surface area (Å²) in [7, 11) is 0. The van der Waals surface area contributed by atoms with Crippen molar-refractivity contribution in [3.05, 3.63) is 50.9 Å². The van der Waals surface area contributed by atoms with E-state index in [-0.39, 0.29) is 5.15 Å². The van der Waals surface area contributed by atoms with Crippen LogP contribution in [0.25, 0.3) is 10.8 Å². The van der Waals surface area contributed by atoms with Crippen LogP contribution in [0, 0.1) is 0 Å². The summed E-state index contributed by atoms with van der Waals surface area (Å²) in [5, 5.41) is 2.69. The minimum atomic E-state index is 0.171.